The fourth-order valence-electron chi connectivity index (χ4n) is 2.00. The Balaban J connectivity index is 1.66. The van der Waals surface area contributed by atoms with Crippen LogP contribution in [0.1, 0.15) is 11.3 Å². The first-order valence-corrected chi connectivity index (χ1v) is 6.80. The van der Waals surface area contributed by atoms with Gasteiger partial charge in [-0.3, -0.25) is 9.78 Å². The molecule has 110 valence electrons. The van der Waals surface area contributed by atoms with Gasteiger partial charge in [-0.05, 0) is 36.4 Å². The Labute approximate surface area is 127 Å². The van der Waals surface area contributed by atoms with Crippen molar-refractivity contribution in [3.8, 4) is 11.5 Å². The standard InChI is InChI=1S/C17H14N2O3/c20-16(8-7-14-5-2-10-21-14)19-12-13-4-1-9-18-17(13)15-6-3-11-22-15/h1-11H,12H2,(H,19,20). The molecule has 0 atom stereocenters. The summed E-state index contributed by atoms with van der Waals surface area (Å²) < 4.78 is 10.5. The lowest BCUT2D eigenvalue weighted by molar-refractivity contribution is -0.116. The second-order valence-electron chi connectivity index (χ2n) is 4.55. The van der Waals surface area contributed by atoms with Crippen LogP contribution in [0.2, 0.25) is 0 Å². The van der Waals surface area contributed by atoms with Gasteiger partial charge in [0.2, 0.25) is 5.91 Å². The average molecular weight is 294 g/mol. The number of furan rings is 2. The lowest BCUT2D eigenvalue weighted by Crippen LogP contribution is -2.20. The third-order valence-electron chi connectivity index (χ3n) is 3.04. The van der Waals surface area contributed by atoms with Gasteiger partial charge < -0.3 is 14.2 Å². The zero-order chi connectivity index (χ0) is 15.2. The molecule has 0 spiro atoms. The number of aromatic nitrogens is 1. The first kappa shape index (κ1) is 13.9. The maximum Gasteiger partial charge on any atom is 0.244 e. The van der Waals surface area contributed by atoms with Crippen LogP contribution in [0.4, 0.5) is 0 Å². The van der Waals surface area contributed by atoms with E-state index < -0.39 is 0 Å². The van der Waals surface area contributed by atoms with Crippen LogP contribution in [-0.2, 0) is 11.3 Å². The van der Waals surface area contributed by atoms with Gasteiger partial charge in [0.25, 0.3) is 0 Å². The Hall–Kier alpha value is -3.08. The predicted octanol–water partition coefficient (Wildman–Crippen LogP) is 3.26. The normalized spacial score (nSPS) is 10.9. The van der Waals surface area contributed by atoms with Gasteiger partial charge in [-0.1, -0.05) is 6.07 Å². The molecular weight excluding hydrogens is 280 g/mol. The molecule has 5 heteroatoms. The summed E-state index contributed by atoms with van der Waals surface area (Å²) in [6.45, 7) is 0.366. The minimum atomic E-state index is -0.203. The van der Waals surface area contributed by atoms with Gasteiger partial charge in [-0.15, -0.1) is 0 Å². The van der Waals surface area contributed by atoms with Crippen LogP contribution in [-0.4, -0.2) is 10.9 Å². The number of carbonyl (C=O) groups is 1. The summed E-state index contributed by atoms with van der Waals surface area (Å²) in [5.74, 6) is 1.11. The van der Waals surface area contributed by atoms with E-state index in [1.54, 1.807) is 43.0 Å². The van der Waals surface area contributed by atoms with Crippen LogP contribution in [0.15, 0.2) is 70.0 Å². The highest BCUT2D eigenvalue weighted by Crippen LogP contribution is 2.21. The average Bonchev–Trinajstić information content (AvgIpc) is 3.24. The Morgan fingerprint density at radius 2 is 2.00 bits per heavy atom. The zero-order valence-corrected chi connectivity index (χ0v) is 11.7. The topological polar surface area (TPSA) is 68.3 Å². The quantitative estimate of drug-likeness (QED) is 0.733. The van der Waals surface area contributed by atoms with Crippen molar-refractivity contribution >= 4 is 12.0 Å². The van der Waals surface area contributed by atoms with E-state index in [0.717, 1.165) is 11.3 Å². The number of nitrogens with one attached hydrogen (secondary N) is 1. The summed E-state index contributed by atoms with van der Waals surface area (Å²) >= 11 is 0. The van der Waals surface area contributed by atoms with Crippen molar-refractivity contribution in [1.29, 1.82) is 0 Å². The molecule has 1 N–H and O–H groups in total. The molecule has 0 saturated heterocycles. The van der Waals surface area contributed by atoms with Crippen LogP contribution in [0.5, 0.6) is 0 Å². The smallest absolute Gasteiger partial charge is 0.244 e. The van der Waals surface area contributed by atoms with Crippen LogP contribution in [0.3, 0.4) is 0 Å². The highest BCUT2D eigenvalue weighted by atomic mass is 16.3. The van der Waals surface area contributed by atoms with Gasteiger partial charge in [-0.25, -0.2) is 0 Å². The number of pyridine rings is 1. The van der Waals surface area contributed by atoms with Crippen LogP contribution >= 0.6 is 0 Å². The Kier molecular flexibility index (Phi) is 4.15. The van der Waals surface area contributed by atoms with Crippen molar-refractivity contribution in [2.75, 3.05) is 0 Å². The molecule has 0 bridgehead atoms. The van der Waals surface area contributed by atoms with Crippen molar-refractivity contribution in [3.63, 3.8) is 0 Å². The predicted molar refractivity (Wildman–Crippen MR) is 81.5 cm³/mol. The zero-order valence-electron chi connectivity index (χ0n) is 11.7. The van der Waals surface area contributed by atoms with Crippen LogP contribution in [0, 0.1) is 0 Å². The van der Waals surface area contributed by atoms with Crippen LogP contribution < -0.4 is 5.32 Å². The van der Waals surface area contributed by atoms with Crippen LogP contribution in [0.25, 0.3) is 17.5 Å². The second-order valence-corrected chi connectivity index (χ2v) is 4.55. The minimum absolute atomic E-state index is 0.203. The largest absolute Gasteiger partial charge is 0.465 e. The Morgan fingerprint density at radius 3 is 2.77 bits per heavy atom. The number of rotatable bonds is 5. The summed E-state index contributed by atoms with van der Waals surface area (Å²) in [4.78, 5) is 16.1. The van der Waals surface area contributed by atoms with E-state index in [-0.39, 0.29) is 5.91 Å². The Morgan fingerprint density at radius 1 is 1.14 bits per heavy atom. The lowest BCUT2D eigenvalue weighted by Gasteiger charge is -2.06. The minimum Gasteiger partial charge on any atom is -0.465 e. The maximum atomic E-state index is 11.8. The lowest BCUT2D eigenvalue weighted by atomic mass is 10.1. The molecule has 0 aliphatic heterocycles. The highest BCUT2D eigenvalue weighted by molar-refractivity contribution is 5.91. The van der Waals surface area contributed by atoms with Gasteiger partial charge >= 0.3 is 0 Å². The first-order valence-electron chi connectivity index (χ1n) is 6.80. The maximum absolute atomic E-state index is 11.8. The number of amides is 1. The molecule has 1 amide bonds. The molecule has 3 heterocycles. The first-order chi connectivity index (χ1) is 10.8. The van der Waals surface area contributed by atoms with E-state index in [0.29, 0.717) is 18.1 Å². The molecule has 3 rings (SSSR count). The molecule has 5 nitrogen and oxygen atoms in total. The molecule has 0 radical (unpaired) electrons. The summed E-state index contributed by atoms with van der Waals surface area (Å²) in [7, 11) is 0. The number of hydrogen-bond donors (Lipinski definition) is 1. The van der Waals surface area contributed by atoms with Crippen molar-refractivity contribution in [1.82, 2.24) is 10.3 Å². The number of hydrogen-bond acceptors (Lipinski definition) is 4. The van der Waals surface area contributed by atoms with E-state index in [1.165, 1.54) is 6.08 Å². The number of carbonyl (C=O) groups excluding carboxylic acids is 1. The molecule has 22 heavy (non-hydrogen) atoms. The van der Waals surface area contributed by atoms with E-state index in [1.807, 2.05) is 18.2 Å². The third kappa shape index (κ3) is 3.32. The van der Waals surface area contributed by atoms with E-state index in [4.69, 9.17) is 8.83 Å². The van der Waals surface area contributed by atoms with E-state index in [9.17, 15) is 4.79 Å². The summed E-state index contributed by atoms with van der Waals surface area (Å²) in [5.41, 5.74) is 1.61. The SMILES string of the molecule is O=C(C=Cc1ccco1)NCc1cccnc1-c1ccco1. The van der Waals surface area contributed by atoms with Gasteiger partial charge in [0.1, 0.15) is 11.5 Å². The molecule has 0 aliphatic rings. The molecule has 0 unspecified atom stereocenters. The molecule has 3 aromatic rings. The van der Waals surface area contributed by atoms with Gasteiger partial charge in [-0.2, -0.15) is 0 Å². The summed E-state index contributed by atoms with van der Waals surface area (Å²) in [6.07, 6.45) is 7.90. The molecular formula is C17H14N2O3. The number of nitrogens with zero attached hydrogens (tertiary/aromatic N) is 1. The van der Waals surface area contributed by atoms with Gasteiger partial charge in [0, 0.05) is 24.4 Å². The second kappa shape index (κ2) is 6.58. The summed E-state index contributed by atoms with van der Waals surface area (Å²) in [6, 6.07) is 10.9. The monoisotopic (exact) mass is 294 g/mol. The molecule has 0 aromatic carbocycles. The molecule has 0 saturated carbocycles. The van der Waals surface area contributed by atoms with Crippen molar-refractivity contribution in [3.05, 3.63) is 72.5 Å². The third-order valence-corrected chi connectivity index (χ3v) is 3.04. The van der Waals surface area contributed by atoms with E-state index >= 15 is 0 Å². The van der Waals surface area contributed by atoms with Gasteiger partial charge in [0.15, 0.2) is 5.76 Å². The summed E-state index contributed by atoms with van der Waals surface area (Å²) in [5, 5.41) is 2.81. The fraction of sp³-hybridized carbons (Fsp3) is 0.0588. The molecule has 0 fully saturated rings. The highest BCUT2D eigenvalue weighted by Gasteiger charge is 2.09. The Bertz CT molecular complexity index is 759. The molecule has 0 aliphatic carbocycles. The molecule has 3 aromatic heterocycles. The van der Waals surface area contributed by atoms with Crippen molar-refractivity contribution in [2.45, 2.75) is 6.54 Å². The van der Waals surface area contributed by atoms with Crippen molar-refractivity contribution < 1.29 is 13.6 Å². The fourth-order valence-corrected chi connectivity index (χ4v) is 2.00. The van der Waals surface area contributed by atoms with Crippen molar-refractivity contribution in [2.24, 2.45) is 0 Å². The van der Waals surface area contributed by atoms with Gasteiger partial charge in [0.05, 0.1) is 12.5 Å². The van der Waals surface area contributed by atoms with E-state index in [2.05, 4.69) is 10.3 Å².